The average Bonchev–Trinajstić information content (AvgIpc) is 2.35. The molecule has 0 amide bonds. The summed E-state index contributed by atoms with van der Waals surface area (Å²) in [5.41, 5.74) is 0.912. The first kappa shape index (κ1) is 8.23. The van der Waals surface area contributed by atoms with Crippen molar-refractivity contribution >= 4 is 0 Å². The van der Waals surface area contributed by atoms with Gasteiger partial charge in [-0.3, -0.25) is 4.68 Å². The molecule has 11 heavy (non-hydrogen) atoms. The maximum atomic E-state index is 9.01. The Balaban J connectivity index is 2.50. The predicted octanol–water partition coefficient (Wildman–Crippen LogP) is -0.455. The molecule has 2 N–H and O–H groups in total. The molecule has 1 rings (SSSR count). The SMILES string of the molecule is Cc1ccn(C[C@H](O)CO)n1. The number of aliphatic hydroxyl groups is 2. The van der Waals surface area contributed by atoms with Gasteiger partial charge in [-0.05, 0) is 13.0 Å². The van der Waals surface area contributed by atoms with Crippen molar-refractivity contribution in [3.8, 4) is 0 Å². The van der Waals surface area contributed by atoms with Gasteiger partial charge in [-0.1, -0.05) is 0 Å². The Morgan fingerprint density at radius 3 is 2.91 bits per heavy atom. The van der Waals surface area contributed by atoms with Gasteiger partial charge in [0.05, 0.1) is 24.9 Å². The highest BCUT2D eigenvalue weighted by molar-refractivity contribution is 4.94. The van der Waals surface area contributed by atoms with Crippen LogP contribution in [0.4, 0.5) is 0 Å². The third-order valence-electron chi connectivity index (χ3n) is 1.38. The maximum Gasteiger partial charge on any atom is 0.0966 e. The molecular formula is C7H12N2O2. The molecule has 1 aromatic rings. The van der Waals surface area contributed by atoms with Crippen LogP contribution in [0.5, 0.6) is 0 Å². The lowest BCUT2D eigenvalue weighted by atomic mass is 10.4. The van der Waals surface area contributed by atoms with Crippen molar-refractivity contribution in [2.24, 2.45) is 0 Å². The van der Waals surface area contributed by atoms with Crippen molar-refractivity contribution in [3.05, 3.63) is 18.0 Å². The van der Waals surface area contributed by atoms with Crippen molar-refractivity contribution in [2.75, 3.05) is 6.61 Å². The van der Waals surface area contributed by atoms with E-state index in [0.717, 1.165) is 5.69 Å². The number of rotatable bonds is 3. The molecule has 0 saturated carbocycles. The summed E-state index contributed by atoms with van der Waals surface area (Å²) in [6, 6.07) is 1.85. The first-order chi connectivity index (χ1) is 5.22. The summed E-state index contributed by atoms with van der Waals surface area (Å²) in [5, 5.41) is 21.6. The van der Waals surface area contributed by atoms with Gasteiger partial charge in [0.2, 0.25) is 0 Å². The molecule has 0 radical (unpaired) electrons. The molecule has 0 aromatic carbocycles. The molecule has 62 valence electrons. The quantitative estimate of drug-likeness (QED) is 0.623. The van der Waals surface area contributed by atoms with Crippen LogP contribution in [0.1, 0.15) is 5.69 Å². The van der Waals surface area contributed by atoms with E-state index in [2.05, 4.69) is 5.10 Å². The van der Waals surface area contributed by atoms with Crippen LogP contribution in [0, 0.1) is 6.92 Å². The molecule has 1 atom stereocenters. The Kier molecular flexibility index (Phi) is 2.62. The Labute approximate surface area is 65.1 Å². The maximum absolute atomic E-state index is 9.01. The van der Waals surface area contributed by atoms with Crippen LogP contribution >= 0.6 is 0 Å². The first-order valence-corrected chi connectivity index (χ1v) is 3.51. The molecule has 0 aliphatic rings. The summed E-state index contributed by atoms with van der Waals surface area (Å²) < 4.78 is 1.61. The summed E-state index contributed by atoms with van der Waals surface area (Å²) in [5.74, 6) is 0. The molecule has 0 fully saturated rings. The summed E-state index contributed by atoms with van der Waals surface area (Å²) >= 11 is 0. The van der Waals surface area contributed by atoms with Crippen molar-refractivity contribution in [1.82, 2.24) is 9.78 Å². The lowest BCUT2D eigenvalue weighted by molar-refractivity contribution is 0.0782. The number of nitrogens with zero attached hydrogens (tertiary/aromatic N) is 2. The van der Waals surface area contributed by atoms with Crippen LogP contribution in [0.15, 0.2) is 12.3 Å². The summed E-state index contributed by atoms with van der Waals surface area (Å²) in [4.78, 5) is 0. The van der Waals surface area contributed by atoms with Crippen LogP contribution in [0.25, 0.3) is 0 Å². The van der Waals surface area contributed by atoms with Crippen molar-refractivity contribution in [2.45, 2.75) is 19.6 Å². The van der Waals surface area contributed by atoms with Gasteiger partial charge in [0.1, 0.15) is 0 Å². The van der Waals surface area contributed by atoms with Crippen LogP contribution in [-0.4, -0.2) is 32.7 Å². The second-order valence-corrected chi connectivity index (χ2v) is 2.52. The standard InChI is InChI=1S/C7H12N2O2/c1-6-2-3-9(8-6)4-7(11)5-10/h2-3,7,10-11H,4-5H2,1H3/t7-/m0/s1. The topological polar surface area (TPSA) is 58.3 Å². The number of hydrogen-bond acceptors (Lipinski definition) is 3. The zero-order valence-electron chi connectivity index (χ0n) is 6.44. The van der Waals surface area contributed by atoms with E-state index in [9.17, 15) is 0 Å². The van der Waals surface area contributed by atoms with Gasteiger partial charge < -0.3 is 10.2 Å². The predicted molar refractivity (Wildman–Crippen MR) is 40.1 cm³/mol. The van der Waals surface area contributed by atoms with Gasteiger partial charge in [-0.25, -0.2) is 0 Å². The summed E-state index contributed by atoms with van der Waals surface area (Å²) in [7, 11) is 0. The molecule has 1 heterocycles. The Morgan fingerprint density at radius 2 is 2.45 bits per heavy atom. The van der Waals surface area contributed by atoms with Gasteiger partial charge in [0.25, 0.3) is 0 Å². The van der Waals surface area contributed by atoms with E-state index in [1.54, 1.807) is 10.9 Å². The minimum absolute atomic E-state index is 0.223. The van der Waals surface area contributed by atoms with Gasteiger partial charge >= 0.3 is 0 Å². The Bertz CT molecular complexity index is 222. The summed E-state index contributed by atoms with van der Waals surface area (Å²) in [6.07, 6.45) is 1.06. The van der Waals surface area contributed by atoms with Crippen LogP contribution in [0.2, 0.25) is 0 Å². The first-order valence-electron chi connectivity index (χ1n) is 3.51. The molecule has 0 unspecified atom stereocenters. The van der Waals surface area contributed by atoms with Gasteiger partial charge in [-0.2, -0.15) is 5.10 Å². The van der Waals surface area contributed by atoms with Crippen molar-refractivity contribution < 1.29 is 10.2 Å². The van der Waals surface area contributed by atoms with E-state index in [1.807, 2.05) is 13.0 Å². The van der Waals surface area contributed by atoms with E-state index in [-0.39, 0.29) is 6.61 Å². The third kappa shape index (κ3) is 2.32. The van der Waals surface area contributed by atoms with Crippen LogP contribution < -0.4 is 0 Å². The third-order valence-corrected chi connectivity index (χ3v) is 1.38. The highest BCUT2D eigenvalue weighted by Crippen LogP contribution is 1.94. The average molecular weight is 156 g/mol. The fourth-order valence-corrected chi connectivity index (χ4v) is 0.839. The van der Waals surface area contributed by atoms with E-state index >= 15 is 0 Å². The fraction of sp³-hybridized carbons (Fsp3) is 0.571. The molecule has 0 spiro atoms. The largest absolute Gasteiger partial charge is 0.394 e. The molecule has 4 nitrogen and oxygen atoms in total. The smallest absolute Gasteiger partial charge is 0.0966 e. The highest BCUT2D eigenvalue weighted by Gasteiger charge is 2.02. The minimum Gasteiger partial charge on any atom is -0.394 e. The molecule has 0 saturated heterocycles. The van der Waals surface area contributed by atoms with Gasteiger partial charge in [0.15, 0.2) is 0 Å². The number of hydrogen-bond donors (Lipinski definition) is 2. The number of aryl methyl sites for hydroxylation is 1. The monoisotopic (exact) mass is 156 g/mol. The minimum atomic E-state index is -0.714. The van der Waals surface area contributed by atoms with Crippen molar-refractivity contribution in [3.63, 3.8) is 0 Å². The van der Waals surface area contributed by atoms with Crippen LogP contribution in [0.3, 0.4) is 0 Å². The Hall–Kier alpha value is -0.870. The van der Waals surface area contributed by atoms with E-state index in [4.69, 9.17) is 10.2 Å². The summed E-state index contributed by atoms with van der Waals surface area (Å²) in [6.45, 7) is 2.01. The number of aromatic nitrogens is 2. The van der Waals surface area contributed by atoms with Crippen LogP contribution in [-0.2, 0) is 6.54 Å². The fourth-order valence-electron chi connectivity index (χ4n) is 0.839. The second-order valence-electron chi connectivity index (χ2n) is 2.52. The zero-order valence-corrected chi connectivity index (χ0v) is 6.44. The van der Waals surface area contributed by atoms with E-state index < -0.39 is 6.10 Å². The normalized spacial score (nSPS) is 13.4. The lowest BCUT2D eigenvalue weighted by Crippen LogP contribution is -2.20. The molecule has 0 aliphatic carbocycles. The molecule has 0 aliphatic heterocycles. The molecule has 1 aromatic heterocycles. The molecular weight excluding hydrogens is 144 g/mol. The molecule has 4 heteroatoms. The van der Waals surface area contributed by atoms with E-state index in [0.29, 0.717) is 6.54 Å². The number of aliphatic hydroxyl groups excluding tert-OH is 2. The molecule has 0 bridgehead atoms. The zero-order chi connectivity index (χ0) is 8.27. The van der Waals surface area contributed by atoms with Crippen molar-refractivity contribution in [1.29, 1.82) is 0 Å². The van der Waals surface area contributed by atoms with Gasteiger partial charge in [-0.15, -0.1) is 0 Å². The Morgan fingerprint density at radius 1 is 1.73 bits per heavy atom. The highest BCUT2D eigenvalue weighted by atomic mass is 16.3. The lowest BCUT2D eigenvalue weighted by Gasteiger charge is -2.05. The van der Waals surface area contributed by atoms with Gasteiger partial charge in [0, 0.05) is 6.20 Å². The second kappa shape index (κ2) is 3.50. The van der Waals surface area contributed by atoms with E-state index in [1.165, 1.54) is 0 Å².